The molecule has 0 aliphatic rings. The second-order valence-electron chi connectivity index (χ2n) is 8.75. The quantitative estimate of drug-likeness (QED) is 0.130. The Bertz CT molecular complexity index is 1700. The van der Waals surface area contributed by atoms with E-state index in [0.717, 1.165) is 36.4 Å². The van der Waals surface area contributed by atoms with Gasteiger partial charge in [-0.25, -0.2) is 17.6 Å². The predicted molar refractivity (Wildman–Crippen MR) is 150 cm³/mol. The number of carbonyl (C=O) groups excluding carboxylic acids is 2. The van der Waals surface area contributed by atoms with Gasteiger partial charge in [0.15, 0.2) is 23.3 Å². The van der Waals surface area contributed by atoms with Crippen molar-refractivity contribution < 1.29 is 31.9 Å². The van der Waals surface area contributed by atoms with Gasteiger partial charge < -0.3 is 15.4 Å². The zero-order valence-corrected chi connectivity index (χ0v) is 21.9. The Kier molecular flexibility index (Phi) is 9.31. The van der Waals surface area contributed by atoms with Crippen molar-refractivity contribution in [2.24, 2.45) is 0 Å². The normalized spacial score (nSPS) is 11.2. The fraction of sp³-hybridized carbons (Fsp3) is 0. The van der Waals surface area contributed by atoms with E-state index in [4.69, 9.17) is 4.74 Å². The number of hydrogen-bond donors (Lipinski definition) is 2. The van der Waals surface area contributed by atoms with Gasteiger partial charge in [-0.3, -0.25) is 9.59 Å². The van der Waals surface area contributed by atoms with Crippen LogP contribution in [0.15, 0.2) is 96.1 Å². The first-order valence-corrected chi connectivity index (χ1v) is 12.3. The van der Waals surface area contributed by atoms with E-state index >= 15 is 0 Å². The van der Waals surface area contributed by atoms with Crippen molar-refractivity contribution in [2.75, 3.05) is 10.6 Å². The molecule has 0 bridgehead atoms. The molecule has 0 radical (unpaired) electrons. The lowest BCUT2D eigenvalue weighted by Gasteiger charge is -2.09. The summed E-state index contributed by atoms with van der Waals surface area (Å²) in [6.07, 6.45) is 2.26. The van der Waals surface area contributed by atoms with Crippen molar-refractivity contribution in [1.29, 1.82) is 10.5 Å². The molecular weight excluding hydrogens is 564 g/mol. The zero-order chi connectivity index (χ0) is 30.9. The second kappa shape index (κ2) is 13.4. The summed E-state index contributed by atoms with van der Waals surface area (Å²) >= 11 is 0. The van der Waals surface area contributed by atoms with Gasteiger partial charge in [0.25, 0.3) is 11.8 Å². The van der Waals surface area contributed by atoms with Crippen molar-refractivity contribution in [1.82, 2.24) is 0 Å². The molecule has 0 aliphatic heterocycles. The molecule has 0 unspecified atom stereocenters. The molecule has 4 aromatic rings. The molecule has 43 heavy (non-hydrogen) atoms. The van der Waals surface area contributed by atoms with E-state index in [2.05, 4.69) is 10.6 Å². The van der Waals surface area contributed by atoms with Gasteiger partial charge >= 0.3 is 0 Å². The Morgan fingerprint density at radius 1 is 0.581 bits per heavy atom. The van der Waals surface area contributed by atoms with Crippen LogP contribution in [0.2, 0.25) is 0 Å². The monoisotopic (exact) mass is 582 g/mol. The van der Waals surface area contributed by atoms with Crippen LogP contribution in [0.3, 0.4) is 0 Å². The molecule has 2 N–H and O–H groups in total. The summed E-state index contributed by atoms with van der Waals surface area (Å²) < 4.78 is 58.8. The molecule has 0 saturated carbocycles. The number of rotatable bonds is 8. The van der Waals surface area contributed by atoms with Gasteiger partial charge in [0.2, 0.25) is 0 Å². The van der Waals surface area contributed by atoms with E-state index in [-0.39, 0.29) is 22.3 Å². The maximum Gasteiger partial charge on any atom is 0.266 e. The van der Waals surface area contributed by atoms with Crippen molar-refractivity contribution >= 4 is 35.3 Å². The minimum Gasteiger partial charge on any atom is -0.457 e. The Hall–Kier alpha value is -6.20. The van der Waals surface area contributed by atoms with E-state index in [9.17, 15) is 37.7 Å². The SMILES string of the molecule is N#CC(=Cc1ccc(F)c(F)c1)C(=O)Nc1ccc(Oc2ccc(NC(=O)C(C#N)=Cc3ccc(F)c(F)c3)cc2)cc1. The molecule has 4 aromatic carbocycles. The second-order valence-corrected chi connectivity index (χ2v) is 8.75. The molecular formula is C32H18F4N4O3. The molecule has 212 valence electrons. The average molecular weight is 583 g/mol. The van der Waals surface area contributed by atoms with Crippen molar-refractivity contribution in [3.63, 3.8) is 0 Å². The number of nitriles is 2. The van der Waals surface area contributed by atoms with E-state index in [1.165, 1.54) is 36.4 Å². The first-order chi connectivity index (χ1) is 20.6. The molecule has 7 nitrogen and oxygen atoms in total. The van der Waals surface area contributed by atoms with Crippen LogP contribution in [0.4, 0.5) is 28.9 Å². The van der Waals surface area contributed by atoms with Crippen molar-refractivity contribution in [3.8, 4) is 23.6 Å². The minimum absolute atomic E-state index is 0.142. The largest absolute Gasteiger partial charge is 0.457 e. The van der Waals surface area contributed by atoms with Crippen LogP contribution in [0.1, 0.15) is 11.1 Å². The van der Waals surface area contributed by atoms with Crippen molar-refractivity contribution in [3.05, 3.63) is 130 Å². The summed E-state index contributed by atoms with van der Waals surface area (Å²) in [5, 5.41) is 23.7. The lowest BCUT2D eigenvalue weighted by molar-refractivity contribution is -0.113. The van der Waals surface area contributed by atoms with Gasteiger partial charge in [-0.1, -0.05) is 12.1 Å². The fourth-order valence-corrected chi connectivity index (χ4v) is 3.58. The minimum atomic E-state index is -1.11. The first kappa shape index (κ1) is 29.8. The smallest absolute Gasteiger partial charge is 0.266 e. The molecule has 0 atom stereocenters. The van der Waals surface area contributed by atoms with Crippen LogP contribution in [0.5, 0.6) is 11.5 Å². The number of ether oxygens (including phenoxy) is 1. The molecule has 0 fully saturated rings. The highest BCUT2D eigenvalue weighted by Crippen LogP contribution is 2.25. The van der Waals surface area contributed by atoms with Crippen LogP contribution >= 0.6 is 0 Å². The number of nitrogens with one attached hydrogen (secondary N) is 2. The number of halogens is 4. The maximum absolute atomic E-state index is 13.4. The Labute approximate surface area is 242 Å². The highest BCUT2D eigenvalue weighted by Gasteiger charge is 2.13. The number of hydrogen-bond acceptors (Lipinski definition) is 5. The van der Waals surface area contributed by atoms with Gasteiger partial charge in [-0.2, -0.15) is 10.5 Å². The van der Waals surface area contributed by atoms with Gasteiger partial charge in [0.1, 0.15) is 34.8 Å². The summed E-state index contributed by atoms with van der Waals surface area (Å²) in [6, 6.07) is 21.7. The van der Waals surface area contributed by atoms with Crippen LogP contribution < -0.4 is 15.4 Å². The van der Waals surface area contributed by atoms with Crippen LogP contribution in [0.25, 0.3) is 12.2 Å². The van der Waals surface area contributed by atoms with Crippen molar-refractivity contribution in [2.45, 2.75) is 0 Å². The summed E-state index contributed by atoms with van der Waals surface area (Å²) in [5.41, 5.74) is 0.325. The van der Waals surface area contributed by atoms with Crippen LogP contribution in [0, 0.1) is 45.9 Å². The summed E-state index contributed by atoms with van der Waals surface area (Å²) in [4.78, 5) is 25.0. The highest BCUT2D eigenvalue weighted by atomic mass is 19.2. The lowest BCUT2D eigenvalue weighted by Crippen LogP contribution is -2.13. The molecule has 0 spiro atoms. The Balaban J connectivity index is 1.35. The molecule has 0 aromatic heterocycles. The summed E-state index contributed by atoms with van der Waals surface area (Å²) in [7, 11) is 0. The standard InChI is InChI=1S/C32H18F4N4O3/c33-27-11-1-19(15-29(27)35)13-21(17-37)31(41)39-23-3-7-25(8-4-23)43-26-9-5-24(6-10-26)40-32(42)22(18-38)14-20-2-12-28(34)30(36)16-20/h1-16H,(H,39,41)(H,40,42). The third-order valence-electron chi connectivity index (χ3n) is 5.70. The average Bonchev–Trinajstić information content (AvgIpc) is 3.00. The van der Waals surface area contributed by atoms with E-state index in [1.54, 1.807) is 36.4 Å². The number of carbonyl (C=O) groups is 2. The van der Waals surface area contributed by atoms with Gasteiger partial charge in [-0.15, -0.1) is 0 Å². The molecule has 4 rings (SSSR count). The maximum atomic E-state index is 13.4. The fourth-order valence-electron chi connectivity index (χ4n) is 3.58. The van der Waals surface area contributed by atoms with Gasteiger partial charge in [0.05, 0.1) is 0 Å². The number of amides is 2. The zero-order valence-electron chi connectivity index (χ0n) is 21.9. The van der Waals surface area contributed by atoms with E-state index in [1.807, 2.05) is 0 Å². The number of anilines is 2. The topological polar surface area (TPSA) is 115 Å². The Morgan fingerprint density at radius 2 is 0.953 bits per heavy atom. The van der Waals surface area contributed by atoms with Crippen LogP contribution in [-0.4, -0.2) is 11.8 Å². The van der Waals surface area contributed by atoms with E-state index < -0.39 is 35.1 Å². The molecule has 2 amide bonds. The first-order valence-electron chi connectivity index (χ1n) is 12.3. The molecule has 0 saturated heterocycles. The summed E-state index contributed by atoms with van der Waals surface area (Å²) in [5.74, 6) is -5.02. The third kappa shape index (κ3) is 7.93. The predicted octanol–water partition coefficient (Wildman–Crippen LogP) is 7.13. The number of benzene rings is 4. The van der Waals surface area contributed by atoms with Gasteiger partial charge in [-0.05, 0) is 96.1 Å². The molecule has 0 heterocycles. The number of nitrogens with zero attached hydrogens (tertiary/aromatic N) is 2. The van der Waals surface area contributed by atoms with Crippen LogP contribution in [-0.2, 0) is 9.59 Å². The van der Waals surface area contributed by atoms with E-state index in [0.29, 0.717) is 22.9 Å². The highest BCUT2D eigenvalue weighted by molar-refractivity contribution is 6.10. The molecule has 0 aliphatic carbocycles. The Morgan fingerprint density at radius 3 is 1.28 bits per heavy atom. The molecule has 11 heteroatoms. The lowest BCUT2D eigenvalue weighted by atomic mass is 10.1. The summed E-state index contributed by atoms with van der Waals surface area (Å²) in [6.45, 7) is 0. The third-order valence-corrected chi connectivity index (χ3v) is 5.70. The van der Waals surface area contributed by atoms with Gasteiger partial charge in [0, 0.05) is 11.4 Å².